The molecule has 0 aliphatic heterocycles. The molecule has 2 aromatic heterocycles. The smallest absolute Gasteiger partial charge is 0.329 e. The minimum absolute atomic E-state index is 0.103. The largest absolute Gasteiger partial charge is 0.480 e. The molecule has 1 aromatic carbocycles. The van der Waals surface area contributed by atoms with Crippen molar-refractivity contribution in [2.24, 2.45) is 0 Å². The first kappa shape index (κ1) is 15.8. The summed E-state index contributed by atoms with van der Waals surface area (Å²) in [7, 11) is 0. The number of aryl methyl sites for hydroxylation is 1. The highest BCUT2D eigenvalue weighted by atomic mass is 16.5. The number of rotatable bonds is 4. The van der Waals surface area contributed by atoms with Gasteiger partial charge in [-0.1, -0.05) is 29.7 Å². The van der Waals surface area contributed by atoms with Crippen molar-refractivity contribution in [1.82, 2.24) is 9.38 Å². The fourth-order valence-electron chi connectivity index (χ4n) is 2.28. The van der Waals surface area contributed by atoms with Crippen molar-refractivity contribution in [3.63, 3.8) is 0 Å². The third-order valence-electron chi connectivity index (χ3n) is 3.44. The number of fused-ring (bicyclic) bond motifs is 1. The van der Waals surface area contributed by atoms with E-state index in [0.29, 0.717) is 11.4 Å². The highest BCUT2D eigenvalue weighted by Crippen LogP contribution is 2.13. The molecule has 5 nitrogen and oxygen atoms in total. The highest BCUT2D eigenvalue weighted by molar-refractivity contribution is 5.68. The third kappa shape index (κ3) is 3.62. The lowest BCUT2D eigenvalue weighted by molar-refractivity contribution is -0.142. The summed E-state index contributed by atoms with van der Waals surface area (Å²) in [5.41, 5.74) is 4.17. The number of hydrogen-bond donors (Lipinski definition) is 1. The zero-order valence-corrected chi connectivity index (χ0v) is 13.2. The number of imidazole rings is 1. The van der Waals surface area contributed by atoms with E-state index in [2.05, 4.69) is 16.8 Å². The number of carbonyl (C=O) groups is 1. The van der Waals surface area contributed by atoms with Gasteiger partial charge in [0.25, 0.3) is 0 Å². The van der Waals surface area contributed by atoms with Gasteiger partial charge < -0.3 is 9.84 Å². The second-order valence-corrected chi connectivity index (χ2v) is 5.34. The van der Waals surface area contributed by atoms with Gasteiger partial charge in [-0.15, -0.1) is 0 Å². The molecule has 0 saturated carbocycles. The summed E-state index contributed by atoms with van der Waals surface area (Å²) in [6.45, 7) is 1.77. The number of carboxylic acid groups (broad SMARTS) is 1. The van der Waals surface area contributed by atoms with E-state index in [1.54, 1.807) is 0 Å². The first-order chi connectivity index (χ1) is 11.6. The number of pyridine rings is 1. The second kappa shape index (κ2) is 6.99. The van der Waals surface area contributed by atoms with Crippen LogP contribution in [0.25, 0.3) is 5.65 Å². The van der Waals surface area contributed by atoms with Crippen molar-refractivity contribution in [3.8, 4) is 11.8 Å². The molecule has 1 N–H and O–H groups in total. The zero-order valence-electron chi connectivity index (χ0n) is 13.2. The van der Waals surface area contributed by atoms with E-state index in [1.807, 2.05) is 60.0 Å². The number of aliphatic carboxylic acids is 1. The topological polar surface area (TPSA) is 63.8 Å². The average Bonchev–Trinajstić information content (AvgIpc) is 2.92. The summed E-state index contributed by atoms with van der Waals surface area (Å²) in [6.07, 6.45) is 1.88. The van der Waals surface area contributed by atoms with Crippen LogP contribution in [0.3, 0.4) is 0 Å². The van der Waals surface area contributed by atoms with Gasteiger partial charge in [0.1, 0.15) is 23.6 Å². The Morgan fingerprint density at radius 2 is 2.00 bits per heavy atom. The molecule has 120 valence electrons. The van der Waals surface area contributed by atoms with E-state index in [-0.39, 0.29) is 13.2 Å². The lowest BCUT2D eigenvalue weighted by Gasteiger charge is -1.99. The van der Waals surface area contributed by atoms with Crippen molar-refractivity contribution in [2.45, 2.75) is 13.5 Å². The van der Waals surface area contributed by atoms with E-state index in [9.17, 15) is 4.79 Å². The molecule has 0 radical (unpaired) electrons. The van der Waals surface area contributed by atoms with Gasteiger partial charge >= 0.3 is 5.97 Å². The maximum atomic E-state index is 10.6. The summed E-state index contributed by atoms with van der Waals surface area (Å²) in [5, 5.41) is 8.70. The molecular formula is C19H16N2O3. The molecule has 0 fully saturated rings. The fourth-order valence-corrected chi connectivity index (χ4v) is 2.28. The lowest BCUT2D eigenvalue weighted by atomic mass is 10.1. The summed E-state index contributed by atoms with van der Waals surface area (Å²) >= 11 is 0. The maximum Gasteiger partial charge on any atom is 0.329 e. The van der Waals surface area contributed by atoms with Gasteiger partial charge in [-0.2, -0.15) is 0 Å². The third-order valence-corrected chi connectivity index (χ3v) is 3.44. The lowest BCUT2D eigenvalue weighted by Crippen LogP contribution is -2.07. The van der Waals surface area contributed by atoms with E-state index < -0.39 is 5.97 Å². The second-order valence-electron chi connectivity index (χ2n) is 5.34. The Labute approximate surface area is 139 Å². The molecule has 3 aromatic rings. The van der Waals surface area contributed by atoms with Crippen molar-refractivity contribution in [2.75, 3.05) is 6.61 Å². The van der Waals surface area contributed by atoms with Crippen LogP contribution in [0, 0.1) is 18.8 Å². The molecule has 24 heavy (non-hydrogen) atoms. The van der Waals surface area contributed by atoms with Gasteiger partial charge in [0.15, 0.2) is 0 Å². The van der Waals surface area contributed by atoms with Crippen LogP contribution in [0.2, 0.25) is 0 Å². The Hall–Kier alpha value is -3.10. The maximum absolute atomic E-state index is 10.6. The van der Waals surface area contributed by atoms with Crippen LogP contribution in [-0.2, 0) is 16.1 Å². The van der Waals surface area contributed by atoms with Crippen LogP contribution < -0.4 is 0 Å². The van der Waals surface area contributed by atoms with Crippen molar-refractivity contribution in [3.05, 3.63) is 71.2 Å². The molecule has 0 saturated heterocycles. The molecule has 2 heterocycles. The molecule has 3 rings (SSSR count). The van der Waals surface area contributed by atoms with E-state index in [1.165, 1.54) is 5.56 Å². The Kier molecular flexibility index (Phi) is 4.59. The molecule has 0 atom stereocenters. The normalized spacial score (nSPS) is 10.4. The molecule has 0 unspecified atom stereocenters. The van der Waals surface area contributed by atoms with Crippen LogP contribution in [0.1, 0.15) is 22.5 Å². The summed E-state index contributed by atoms with van der Waals surface area (Å²) in [6, 6.07) is 13.6. The van der Waals surface area contributed by atoms with E-state index >= 15 is 0 Å². The van der Waals surface area contributed by atoms with Gasteiger partial charge in [-0.05, 0) is 37.1 Å². The molecule has 0 spiro atoms. The number of nitrogens with zero attached hydrogens (tertiary/aromatic N) is 2. The summed E-state index contributed by atoms with van der Waals surface area (Å²) < 4.78 is 7.05. The van der Waals surface area contributed by atoms with Gasteiger partial charge in [-0.3, -0.25) is 4.40 Å². The van der Waals surface area contributed by atoms with Gasteiger partial charge in [0.05, 0.1) is 6.61 Å². The highest BCUT2D eigenvalue weighted by Gasteiger charge is 2.10. The SMILES string of the molecule is Cc1ccc(C#Cc2c(COCC(=O)O)nc3ccccn23)cc1. The van der Waals surface area contributed by atoms with Gasteiger partial charge in [0.2, 0.25) is 0 Å². The Bertz CT molecular complexity index is 931. The van der Waals surface area contributed by atoms with Crippen molar-refractivity contribution >= 4 is 11.6 Å². The van der Waals surface area contributed by atoms with Crippen molar-refractivity contribution in [1.29, 1.82) is 0 Å². The molecule has 0 bridgehead atoms. The summed E-state index contributed by atoms with van der Waals surface area (Å²) in [5.74, 6) is 5.25. The van der Waals surface area contributed by atoms with Gasteiger partial charge in [-0.25, -0.2) is 9.78 Å². The standard InChI is InChI=1S/C19H16N2O3/c1-14-5-7-15(8-6-14)9-10-17-16(12-24-13-19(22)23)20-18-4-2-3-11-21(17)18/h2-8,11H,12-13H2,1H3,(H,22,23). The average molecular weight is 320 g/mol. The number of carboxylic acids is 1. The predicted molar refractivity (Wildman–Crippen MR) is 89.6 cm³/mol. The molecule has 0 amide bonds. The van der Waals surface area contributed by atoms with Crippen LogP contribution in [0.5, 0.6) is 0 Å². The van der Waals surface area contributed by atoms with E-state index in [4.69, 9.17) is 9.84 Å². The quantitative estimate of drug-likeness (QED) is 0.751. The molecule has 0 aliphatic carbocycles. The van der Waals surface area contributed by atoms with Gasteiger partial charge in [0, 0.05) is 11.8 Å². The van der Waals surface area contributed by atoms with Crippen LogP contribution >= 0.6 is 0 Å². The van der Waals surface area contributed by atoms with Crippen LogP contribution in [-0.4, -0.2) is 27.1 Å². The Balaban J connectivity index is 1.95. The fraction of sp³-hybridized carbons (Fsp3) is 0.158. The minimum atomic E-state index is -1.01. The Morgan fingerprint density at radius 1 is 1.21 bits per heavy atom. The number of benzene rings is 1. The number of aromatic nitrogens is 2. The monoisotopic (exact) mass is 320 g/mol. The van der Waals surface area contributed by atoms with E-state index in [0.717, 1.165) is 11.2 Å². The van der Waals surface area contributed by atoms with Crippen molar-refractivity contribution < 1.29 is 14.6 Å². The minimum Gasteiger partial charge on any atom is -0.480 e. The first-order valence-corrected chi connectivity index (χ1v) is 7.47. The molecule has 5 heteroatoms. The molecule has 0 aliphatic rings. The number of ether oxygens (including phenoxy) is 1. The van der Waals surface area contributed by atoms with Crippen LogP contribution in [0.4, 0.5) is 0 Å². The Morgan fingerprint density at radius 3 is 2.75 bits per heavy atom. The van der Waals surface area contributed by atoms with Crippen LogP contribution in [0.15, 0.2) is 48.7 Å². The summed E-state index contributed by atoms with van der Waals surface area (Å²) in [4.78, 5) is 15.1. The first-order valence-electron chi connectivity index (χ1n) is 7.47. The predicted octanol–water partition coefficient (Wildman–Crippen LogP) is 2.64. The zero-order chi connectivity index (χ0) is 16.9. The molecular weight excluding hydrogens is 304 g/mol. The number of hydrogen-bond acceptors (Lipinski definition) is 3.